The zero-order chi connectivity index (χ0) is 27.3. The normalized spacial score (nSPS) is 10.8. The van der Waals surface area contributed by atoms with Crippen LogP contribution in [0.5, 0.6) is 0 Å². The van der Waals surface area contributed by atoms with Crippen molar-refractivity contribution in [2.24, 2.45) is 0 Å². The fourth-order valence-electron chi connectivity index (χ4n) is 2.62. The van der Waals surface area contributed by atoms with Crippen LogP contribution in [0.4, 0.5) is 19.0 Å². The Morgan fingerprint density at radius 2 is 1.83 bits per heavy atom. The van der Waals surface area contributed by atoms with Gasteiger partial charge in [0, 0.05) is 48.5 Å². The van der Waals surface area contributed by atoms with Gasteiger partial charge in [-0.3, -0.25) is 14.6 Å². The first kappa shape index (κ1) is 30.0. The molecule has 0 saturated heterocycles. The van der Waals surface area contributed by atoms with Gasteiger partial charge in [0.25, 0.3) is 11.5 Å². The summed E-state index contributed by atoms with van der Waals surface area (Å²) in [5.74, 6) is 0.131. The van der Waals surface area contributed by atoms with Crippen LogP contribution in [0.15, 0.2) is 84.2 Å². The summed E-state index contributed by atoms with van der Waals surface area (Å²) in [5.41, 5.74) is 1.38. The molecule has 36 heavy (non-hydrogen) atoms. The highest BCUT2D eigenvalue weighted by atomic mass is 19.4. The van der Waals surface area contributed by atoms with Crippen LogP contribution in [0, 0.1) is 6.92 Å². The van der Waals surface area contributed by atoms with E-state index in [1.54, 1.807) is 42.9 Å². The second kappa shape index (κ2) is 14.4. The molecule has 1 N–H and O–H groups in total. The number of pyridine rings is 3. The van der Waals surface area contributed by atoms with E-state index in [1.807, 2.05) is 33.8 Å². The van der Waals surface area contributed by atoms with Crippen molar-refractivity contribution in [2.75, 3.05) is 5.32 Å². The van der Waals surface area contributed by atoms with Gasteiger partial charge in [0.2, 0.25) is 0 Å². The Bertz CT molecular complexity index is 1220. The lowest BCUT2D eigenvalue weighted by atomic mass is 10.1. The van der Waals surface area contributed by atoms with E-state index in [0.29, 0.717) is 29.1 Å². The Morgan fingerprint density at radius 3 is 2.33 bits per heavy atom. The zero-order valence-corrected chi connectivity index (χ0v) is 21.1. The number of anilines is 1. The molecule has 192 valence electrons. The summed E-state index contributed by atoms with van der Waals surface area (Å²) < 4.78 is 38.1. The maximum Gasteiger partial charge on any atom is 0.412 e. The lowest BCUT2D eigenvalue weighted by molar-refractivity contribution is -0.0912. The summed E-state index contributed by atoms with van der Waals surface area (Å²) in [5, 5.41) is 2.65. The molecule has 3 aromatic rings. The highest BCUT2D eigenvalue weighted by Gasteiger charge is 2.29. The molecule has 3 rings (SSSR count). The number of alkyl halides is 3. The van der Waals surface area contributed by atoms with Crippen LogP contribution in [-0.4, -0.2) is 26.6 Å². The quantitative estimate of drug-likeness (QED) is 0.408. The van der Waals surface area contributed by atoms with Crippen LogP contribution in [-0.2, 0) is 6.54 Å². The fourth-order valence-corrected chi connectivity index (χ4v) is 2.62. The van der Waals surface area contributed by atoms with Crippen LogP contribution in [0.3, 0.4) is 0 Å². The number of hydrogen-bond acceptors (Lipinski definition) is 4. The minimum atomic E-state index is -4.30. The van der Waals surface area contributed by atoms with Gasteiger partial charge in [-0.05, 0) is 61.7 Å². The third-order valence-electron chi connectivity index (χ3n) is 4.62. The maximum atomic E-state index is 12.2. The summed E-state index contributed by atoms with van der Waals surface area (Å²) in [6.45, 7) is 13.0. The minimum Gasteiger partial charge on any atom is -0.316 e. The van der Waals surface area contributed by atoms with Crippen molar-refractivity contribution in [1.82, 2.24) is 14.5 Å². The first-order chi connectivity index (χ1) is 17.0. The zero-order valence-electron chi connectivity index (χ0n) is 21.1. The molecule has 0 fully saturated rings. The molecule has 0 bridgehead atoms. The number of aromatic nitrogens is 3. The lowest BCUT2D eigenvalue weighted by Crippen LogP contribution is -2.21. The van der Waals surface area contributed by atoms with Gasteiger partial charge in [0.05, 0.1) is 0 Å². The molecular weight excluding hydrogens is 469 g/mol. The summed E-state index contributed by atoms with van der Waals surface area (Å²) in [6, 6.07) is 9.84. The molecule has 0 aliphatic carbocycles. The fraction of sp³-hybridized carbons (Fsp3) is 0.259. The van der Waals surface area contributed by atoms with E-state index in [9.17, 15) is 22.8 Å². The van der Waals surface area contributed by atoms with E-state index in [-0.39, 0.29) is 11.5 Å². The largest absolute Gasteiger partial charge is 0.412 e. The highest BCUT2D eigenvalue weighted by Crippen LogP contribution is 2.27. The molecular formula is C27H31F3N4O2. The second-order valence-corrected chi connectivity index (χ2v) is 7.31. The topological polar surface area (TPSA) is 76.9 Å². The number of rotatable bonds is 5. The van der Waals surface area contributed by atoms with Crippen molar-refractivity contribution in [3.63, 3.8) is 0 Å². The molecule has 0 aliphatic heterocycles. The smallest absolute Gasteiger partial charge is 0.316 e. The number of amides is 1. The average molecular weight is 501 g/mol. The van der Waals surface area contributed by atoms with Crippen molar-refractivity contribution >= 4 is 17.3 Å². The van der Waals surface area contributed by atoms with Crippen LogP contribution in [0.25, 0.3) is 5.57 Å². The van der Waals surface area contributed by atoms with E-state index >= 15 is 0 Å². The molecule has 0 atom stereocenters. The number of allylic oxidation sites excluding steroid dienone is 3. The average Bonchev–Trinajstić information content (AvgIpc) is 2.87. The van der Waals surface area contributed by atoms with Gasteiger partial charge in [-0.25, -0.2) is 4.98 Å². The Kier molecular flexibility index (Phi) is 12.0. The highest BCUT2D eigenvalue weighted by molar-refractivity contribution is 6.03. The first-order valence-electron chi connectivity index (χ1n) is 11.3. The monoisotopic (exact) mass is 500 g/mol. The van der Waals surface area contributed by atoms with Gasteiger partial charge >= 0.3 is 6.18 Å². The van der Waals surface area contributed by atoms with Crippen molar-refractivity contribution < 1.29 is 18.0 Å². The maximum absolute atomic E-state index is 12.2. The molecule has 1 amide bonds. The van der Waals surface area contributed by atoms with Crippen LogP contribution >= 0.6 is 0 Å². The molecule has 3 heterocycles. The SMILES string of the molecule is C=C(/C=C(\C)C(F)(F)F)c1cccnc1.CC.CCn1ccc(C(=O)Nc2ccc(C)cn2)cc1=O. The molecule has 0 unspecified atom stereocenters. The first-order valence-corrected chi connectivity index (χ1v) is 11.3. The van der Waals surface area contributed by atoms with E-state index < -0.39 is 11.7 Å². The molecule has 3 aromatic heterocycles. The number of aryl methyl sites for hydroxylation is 2. The van der Waals surface area contributed by atoms with Gasteiger partial charge in [0.1, 0.15) is 5.82 Å². The lowest BCUT2D eigenvalue weighted by Gasteiger charge is -2.07. The van der Waals surface area contributed by atoms with E-state index in [2.05, 4.69) is 21.9 Å². The van der Waals surface area contributed by atoms with E-state index in [4.69, 9.17) is 0 Å². The molecule has 0 saturated carbocycles. The number of nitrogens with one attached hydrogen (secondary N) is 1. The number of hydrogen-bond donors (Lipinski definition) is 1. The second-order valence-electron chi connectivity index (χ2n) is 7.31. The van der Waals surface area contributed by atoms with Gasteiger partial charge in [0.15, 0.2) is 0 Å². The predicted molar refractivity (Wildman–Crippen MR) is 138 cm³/mol. The third kappa shape index (κ3) is 9.69. The van der Waals surface area contributed by atoms with Crippen LogP contribution in [0.2, 0.25) is 0 Å². The van der Waals surface area contributed by atoms with Gasteiger partial charge < -0.3 is 9.88 Å². The van der Waals surface area contributed by atoms with Gasteiger partial charge in [-0.15, -0.1) is 0 Å². The minimum absolute atomic E-state index is 0.188. The van der Waals surface area contributed by atoms with E-state index in [0.717, 1.165) is 18.6 Å². The van der Waals surface area contributed by atoms with Gasteiger partial charge in [-0.2, -0.15) is 13.2 Å². The molecule has 0 spiro atoms. The standard InChI is InChI=1S/C14H15N3O2.C11H10F3N.C2H6/c1-3-17-7-6-11(8-13(17)18)14(19)16-12-5-4-10(2)9-15-12;1-8(6-9(2)11(12,13)14)10-4-3-5-15-7-10;1-2/h4-9H,3H2,1-2H3,(H,15,16,19);3-7H,1H2,2H3;1-2H3/b;9-6+;. The molecule has 0 radical (unpaired) electrons. The van der Waals surface area contributed by atoms with Crippen molar-refractivity contribution in [1.29, 1.82) is 0 Å². The summed E-state index contributed by atoms with van der Waals surface area (Å²) in [6.07, 6.45) is 3.02. The van der Waals surface area contributed by atoms with E-state index in [1.165, 1.54) is 16.8 Å². The Labute approximate surface area is 209 Å². The summed E-state index contributed by atoms with van der Waals surface area (Å²) >= 11 is 0. The summed E-state index contributed by atoms with van der Waals surface area (Å²) in [4.78, 5) is 31.5. The number of carbonyl (C=O) groups is 1. The van der Waals surface area contributed by atoms with Crippen LogP contribution < -0.4 is 10.9 Å². The van der Waals surface area contributed by atoms with Crippen molar-refractivity contribution in [3.8, 4) is 0 Å². The Morgan fingerprint density at radius 1 is 1.14 bits per heavy atom. The van der Waals surface area contributed by atoms with Crippen molar-refractivity contribution in [2.45, 2.75) is 47.3 Å². The number of halogens is 3. The molecule has 9 heteroatoms. The third-order valence-corrected chi connectivity index (χ3v) is 4.62. The molecule has 0 aromatic carbocycles. The molecule has 0 aliphatic rings. The number of nitrogens with zero attached hydrogens (tertiary/aromatic N) is 3. The Hall–Kier alpha value is -4.01. The van der Waals surface area contributed by atoms with Crippen molar-refractivity contribution in [3.05, 3.63) is 106 Å². The summed E-state index contributed by atoms with van der Waals surface area (Å²) in [7, 11) is 0. The van der Waals surface area contributed by atoms with Gasteiger partial charge in [-0.1, -0.05) is 32.6 Å². The number of carbonyl (C=O) groups excluding carboxylic acids is 1. The predicted octanol–water partition coefficient (Wildman–Crippen LogP) is 6.45. The Balaban J connectivity index is 0.000000346. The van der Waals surface area contributed by atoms with Crippen LogP contribution in [0.1, 0.15) is 49.2 Å². The molecule has 6 nitrogen and oxygen atoms in total.